The lowest BCUT2D eigenvalue weighted by Crippen LogP contribution is -2.13. The molecule has 254 valence electrons. The second-order valence-corrected chi connectivity index (χ2v) is 14.8. The fraction of sp³-hybridized carbons (Fsp3) is 0. The summed E-state index contributed by atoms with van der Waals surface area (Å²) in [5, 5.41) is 9.59. The van der Waals surface area contributed by atoms with Crippen LogP contribution < -0.4 is 9.80 Å². The number of fused-ring (bicyclic) bond motifs is 11. The van der Waals surface area contributed by atoms with E-state index >= 15 is 0 Å². The Morgan fingerprint density at radius 2 is 0.833 bits per heavy atom. The monoisotopic (exact) mass is 708 g/mol. The van der Waals surface area contributed by atoms with Crippen molar-refractivity contribution in [1.82, 2.24) is 0 Å². The average molecular weight is 709 g/mol. The smallest absolute Gasteiger partial charge is 0.143 e. The van der Waals surface area contributed by atoms with E-state index in [2.05, 4.69) is 198 Å². The van der Waals surface area contributed by atoms with E-state index in [9.17, 15) is 0 Å². The second kappa shape index (κ2) is 12.4. The van der Waals surface area contributed by atoms with Gasteiger partial charge in [0.05, 0.1) is 0 Å². The molecule has 0 amide bonds. The van der Waals surface area contributed by atoms with Crippen LogP contribution >= 0.6 is 11.3 Å². The first-order valence-corrected chi connectivity index (χ1v) is 19.1. The van der Waals surface area contributed by atoms with Gasteiger partial charge in [-0.1, -0.05) is 109 Å². The van der Waals surface area contributed by atoms with Gasteiger partial charge in [0.15, 0.2) is 0 Å². The van der Waals surface area contributed by atoms with E-state index in [1.54, 1.807) is 0 Å². The van der Waals surface area contributed by atoms with Crippen LogP contribution in [-0.4, -0.2) is 0 Å². The molecule has 11 rings (SSSR count). The maximum absolute atomic E-state index is 6.60. The molecule has 0 fully saturated rings. The summed E-state index contributed by atoms with van der Waals surface area (Å²) in [6, 6.07) is 69.6. The molecule has 2 heterocycles. The molecule has 2 aromatic heterocycles. The molecule has 3 nitrogen and oxygen atoms in total. The van der Waals surface area contributed by atoms with Gasteiger partial charge in [0.2, 0.25) is 0 Å². The zero-order valence-electron chi connectivity index (χ0n) is 29.2. The second-order valence-electron chi connectivity index (χ2n) is 13.7. The fourth-order valence-electron chi connectivity index (χ4n) is 8.20. The van der Waals surface area contributed by atoms with Gasteiger partial charge in [0, 0.05) is 70.5 Å². The van der Waals surface area contributed by atoms with Gasteiger partial charge in [-0.2, -0.15) is 0 Å². The summed E-state index contributed by atoms with van der Waals surface area (Å²) in [7, 11) is 0. The van der Waals surface area contributed by atoms with Crippen molar-refractivity contribution in [3.8, 4) is 0 Å². The van der Waals surface area contributed by atoms with Gasteiger partial charge in [0.25, 0.3) is 0 Å². The van der Waals surface area contributed by atoms with Crippen LogP contribution in [-0.2, 0) is 0 Å². The number of nitrogens with zero attached hydrogens (tertiary/aromatic N) is 2. The van der Waals surface area contributed by atoms with Gasteiger partial charge in [-0.3, -0.25) is 0 Å². The maximum atomic E-state index is 6.60. The molecule has 11 aromatic rings. The summed E-state index contributed by atoms with van der Waals surface area (Å²) in [5.41, 5.74) is 8.37. The van der Waals surface area contributed by atoms with E-state index in [4.69, 9.17) is 4.42 Å². The van der Waals surface area contributed by atoms with E-state index in [1.807, 2.05) is 17.4 Å². The number of para-hydroxylation sites is 3. The van der Waals surface area contributed by atoms with Crippen LogP contribution in [0.15, 0.2) is 199 Å². The summed E-state index contributed by atoms with van der Waals surface area (Å²) < 4.78 is 9.18. The zero-order chi connectivity index (χ0) is 35.6. The zero-order valence-corrected chi connectivity index (χ0v) is 30.0. The summed E-state index contributed by atoms with van der Waals surface area (Å²) in [6.07, 6.45) is 0. The Labute approximate surface area is 316 Å². The van der Waals surface area contributed by atoms with Crippen molar-refractivity contribution in [2.45, 2.75) is 0 Å². The van der Waals surface area contributed by atoms with E-state index in [1.165, 1.54) is 36.3 Å². The number of hydrogen-bond donors (Lipinski definition) is 0. The number of anilines is 6. The van der Waals surface area contributed by atoms with Crippen molar-refractivity contribution >= 4 is 109 Å². The first-order valence-electron chi connectivity index (χ1n) is 18.3. The van der Waals surface area contributed by atoms with Crippen molar-refractivity contribution in [1.29, 1.82) is 0 Å². The normalized spacial score (nSPS) is 11.7. The Balaban J connectivity index is 1.11. The predicted molar refractivity (Wildman–Crippen MR) is 231 cm³/mol. The van der Waals surface area contributed by atoms with Crippen LogP contribution in [0.1, 0.15) is 0 Å². The molecular formula is C50H32N2OS. The molecule has 0 radical (unpaired) electrons. The SMILES string of the molecule is c1ccc(N(c2cccc(N(c3ccccc3)c3ccc4c(c3)c3ccccc3c3c5ccccc5oc43)c2)c2ccc3c(c2)sc2ccccc23)cc1. The molecule has 0 unspecified atom stereocenters. The molecule has 0 aliphatic carbocycles. The maximum Gasteiger partial charge on any atom is 0.143 e. The van der Waals surface area contributed by atoms with E-state index in [0.717, 1.165) is 61.4 Å². The third kappa shape index (κ3) is 4.88. The summed E-state index contributed by atoms with van der Waals surface area (Å²) in [5.74, 6) is 0. The van der Waals surface area contributed by atoms with Crippen molar-refractivity contribution in [2.75, 3.05) is 9.80 Å². The highest BCUT2D eigenvalue weighted by Crippen LogP contribution is 2.46. The lowest BCUT2D eigenvalue weighted by molar-refractivity contribution is 0.673. The molecule has 0 aliphatic heterocycles. The molecule has 0 N–H and O–H groups in total. The van der Waals surface area contributed by atoms with E-state index in [0.29, 0.717) is 0 Å². The third-order valence-corrected chi connectivity index (χ3v) is 11.7. The lowest BCUT2D eigenvalue weighted by Gasteiger charge is -2.29. The number of thiophene rings is 1. The van der Waals surface area contributed by atoms with Crippen molar-refractivity contribution in [3.05, 3.63) is 194 Å². The number of hydrogen-bond acceptors (Lipinski definition) is 4. The summed E-state index contributed by atoms with van der Waals surface area (Å²) in [4.78, 5) is 4.72. The number of benzene rings is 9. The molecule has 0 spiro atoms. The molecule has 0 atom stereocenters. The molecule has 0 saturated carbocycles. The van der Waals surface area contributed by atoms with Crippen molar-refractivity contribution < 1.29 is 4.42 Å². The Hall–Kier alpha value is -6.88. The van der Waals surface area contributed by atoms with Crippen molar-refractivity contribution in [3.63, 3.8) is 0 Å². The summed E-state index contributed by atoms with van der Waals surface area (Å²) in [6.45, 7) is 0. The Morgan fingerprint density at radius 1 is 0.315 bits per heavy atom. The summed E-state index contributed by atoms with van der Waals surface area (Å²) >= 11 is 1.85. The predicted octanol–water partition coefficient (Wildman–Crippen LogP) is 15.2. The van der Waals surface area contributed by atoms with Gasteiger partial charge in [-0.25, -0.2) is 0 Å². The van der Waals surface area contributed by atoms with Crippen LogP contribution in [0.4, 0.5) is 34.1 Å². The quantitative estimate of drug-likeness (QED) is 0.160. The van der Waals surface area contributed by atoms with Crippen LogP contribution in [0.2, 0.25) is 0 Å². The van der Waals surface area contributed by atoms with Gasteiger partial charge >= 0.3 is 0 Å². The van der Waals surface area contributed by atoms with Gasteiger partial charge in [-0.15, -0.1) is 11.3 Å². The highest BCUT2D eigenvalue weighted by molar-refractivity contribution is 7.25. The Morgan fingerprint density at radius 3 is 1.56 bits per heavy atom. The lowest BCUT2D eigenvalue weighted by atomic mass is 9.96. The number of furan rings is 1. The molecule has 0 aliphatic rings. The molecule has 4 heteroatoms. The first-order chi connectivity index (χ1) is 26.8. The van der Waals surface area contributed by atoms with Crippen LogP contribution in [0.25, 0.3) is 63.7 Å². The van der Waals surface area contributed by atoms with Crippen LogP contribution in [0.3, 0.4) is 0 Å². The topological polar surface area (TPSA) is 19.6 Å². The Kier molecular flexibility index (Phi) is 7.04. The van der Waals surface area contributed by atoms with Crippen LogP contribution in [0.5, 0.6) is 0 Å². The standard InChI is InChI=1S/C50H32N2OS/c1-3-14-33(15-4-1)51(37-27-29-43-45(31-37)39-20-7-8-22-42(39)49-44-23-9-11-24-46(44)53-50(43)49)35-18-13-19-36(30-35)52(34-16-5-2-6-17-34)38-26-28-41-40-21-10-12-25-47(40)54-48(41)32-38/h1-32H. The van der Waals surface area contributed by atoms with Gasteiger partial charge < -0.3 is 14.2 Å². The fourth-order valence-corrected chi connectivity index (χ4v) is 9.34. The molecule has 0 saturated heterocycles. The van der Waals surface area contributed by atoms with Crippen LogP contribution in [0, 0.1) is 0 Å². The molecule has 0 bridgehead atoms. The van der Waals surface area contributed by atoms with Gasteiger partial charge in [-0.05, 0) is 101 Å². The Bertz CT molecular complexity index is 3180. The number of rotatable bonds is 6. The van der Waals surface area contributed by atoms with E-state index < -0.39 is 0 Å². The van der Waals surface area contributed by atoms with E-state index in [-0.39, 0.29) is 0 Å². The third-order valence-electron chi connectivity index (χ3n) is 10.6. The largest absolute Gasteiger partial charge is 0.455 e. The highest BCUT2D eigenvalue weighted by Gasteiger charge is 2.21. The van der Waals surface area contributed by atoms with Gasteiger partial charge in [0.1, 0.15) is 11.2 Å². The minimum Gasteiger partial charge on any atom is -0.455 e. The molecule has 54 heavy (non-hydrogen) atoms. The molecular weight excluding hydrogens is 677 g/mol. The average Bonchev–Trinajstić information content (AvgIpc) is 3.81. The molecule has 9 aromatic carbocycles. The minimum atomic E-state index is 0.909. The minimum absolute atomic E-state index is 0.909. The highest BCUT2D eigenvalue weighted by atomic mass is 32.1. The van der Waals surface area contributed by atoms with Crippen molar-refractivity contribution in [2.24, 2.45) is 0 Å². The first kappa shape index (κ1) is 30.7.